The highest BCUT2D eigenvalue weighted by atomic mass is 31.2. The van der Waals surface area contributed by atoms with Crippen LogP contribution in [-0.2, 0) is 28.2 Å². The van der Waals surface area contributed by atoms with Gasteiger partial charge in [-0.05, 0) is 70.6 Å². The van der Waals surface area contributed by atoms with E-state index in [1.165, 1.54) is 83.5 Å². The summed E-state index contributed by atoms with van der Waals surface area (Å²) < 4.78 is 26.3. The number of aliphatic hydroxyl groups is 1. The summed E-state index contributed by atoms with van der Waals surface area (Å²) in [6.07, 6.45) is 47.1. The molecule has 0 bridgehead atoms. The van der Waals surface area contributed by atoms with E-state index in [1.807, 2.05) is 24.3 Å². The predicted molar refractivity (Wildman–Crippen MR) is 227 cm³/mol. The van der Waals surface area contributed by atoms with Crippen LogP contribution in [0.15, 0.2) is 60.8 Å². The summed E-state index contributed by atoms with van der Waals surface area (Å²) in [6, 6.07) is 0. The number of unbranched alkanes of at least 4 members (excludes halogenated alkanes) is 17. The minimum absolute atomic E-state index is 0.117. The van der Waals surface area contributed by atoms with Gasteiger partial charge >= 0.3 is 19.8 Å². The number of ether oxygens (including phenoxy) is 2. The fourth-order valence-electron chi connectivity index (χ4n) is 5.79. The number of phosphoric acid groups is 1. The van der Waals surface area contributed by atoms with Crippen molar-refractivity contribution in [3.8, 4) is 0 Å². The van der Waals surface area contributed by atoms with Crippen LogP contribution in [-0.4, -0.2) is 52.3 Å². The van der Waals surface area contributed by atoms with Gasteiger partial charge in [0.05, 0.1) is 12.7 Å². The Balaban J connectivity index is 4.02. The monoisotopic (exact) mass is 795 g/mol. The number of hydrogen-bond donors (Lipinski definition) is 3. The Labute approximate surface area is 335 Å². The van der Waals surface area contributed by atoms with Gasteiger partial charge in [0.15, 0.2) is 6.10 Å². The minimum Gasteiger partial charge on any atom is -0.462 e. The SMILES string of the molecule is CCCCCCCC/C=C\CCCCCCCCCCCC(=O)OC[C@H](COP(=O)(O)O)OC(=O)CCC/C=C\C/C=C\C/C=C\C/C=C\[C@H](O)CCCC. The molecule has 0 fully saturated rings. The van der Waals surface area contributed by atoms with Gasteiger partial charge in [0.2, 0.25) is 0 Å². The molecule has 0 saturated carbocycles. The highest BCUT2D eigenvalue weighted by Gasteiger charge is 2.22. The molecule has 0 rings (SSSR count). The van der Waals surface area contributed by atoms with Crippen LogP contribution in [0.4, 0.5) is 0 Å². The minimum atomic E-state index is -4.78. The van der Waals surface area contributed by atoms with E-state index in [2.05, 4.69) is 54.8 Å². The van der Waals surface area contributed by atoms with E-state index in [-0.39, 0.29) is 25.6 Å². The van der Waals surface area contributed by atoms with Crippen LogP contribution >= 0.6 is 7.82 Å². The van der Waals surface area contributed by atoms with Gasteiger partial charge in [0, 0.05) is 12.8 Å². The third-order valence-electron chi connectivity index (χ3n) is 9.08. The molecule has 0 aromatic heterocycles. The molecule has 0 aromatic rings. The third-order valence-corrected chi connectivity index (χ3v) is 9.56. The smallest absolute Gasteiger partial charge is 0.462 e. The first-order valence-electron chi connectivity index (χ1n) is 21.7. The van der Waals surface area contributed by atoms with Crippen LogP contribution in [0.5, 0.6) is 0 Å². The number of rotatable bonds is 39. The normalized spacial score (nSPS) is 13.6. The van der Waals surface area contributed by atoms with Gasteiger partial charge in [-0.15, -0.1) is 0 Å². The number of hydrogen-bond acceptors (Lipinski definition) is 7. The topological polar surface area (TPSA) is 140 Å². The summed E-state index contributed by atoms with van der Waals surface area (Å²) in [7, 11) is -4.78. The summed E-state index contributed by atoms with van der Waals surface area (Å²) in [4.78, 5) is 42.9. The van der Waals surface area contributed by atoms with E-state index in [1.54, 1.807) is 0 Å². The maximum absolute atomic E-state index is 12.4. The van der Waals surface area contributed by atoms with Crippen LogP contribution in [0.25, 0.3) is 0 Å². The fourth-order valence-corrected chi connectivity index (χ4v) is 6.15. The van der Waals surface area contributed by atoms with Crippen LogP contribution < -0.4 is 0 Å². The highest BCUT2D eigenvalue weighted by Crippen LogP contribution is 2.36. The van der Waals surface area contributed by atoms with E-state index in [9.17, 15) is 19.3 Å². The first-order valence-corrected chi connectivity index (χ1v) is 23.2. The molecular formula is C45H79O9P. The Morgan fingerprint density at radius 1 is 0.545 bits per heavy atom. The average Bonchev–Trinajstić information content (AvgIpc) is 3.15. The van der Waals surface area contributed by atoms with Crippen molar-refractivity contribution in [2.75, 3.05) is 13.2 Å². The fraction of sp³-hybridized carbons (Fsp3) is 0.733. The van der Waals surface area contributed by atoms with E-state index in [0.29, 0.717) is 19.3 Å². The second kappa shape index (κ2) is 39.9. The quantitative estimate of drug-likeness (QED) is 0.0240. The van der Waals surface area contributed by atoms with Gasteiger partial charge in [-0.2, -0.15) is 0 Å². The number of aliphatic hydroxyl groups excluding tert-OH is 1. The molecule has 3 N–H and O–H groups in total. The molecule has 0 radical (unpaired) electrons. The lowest BCUT2D eigenvalue weighted by atomic mass is 10.1. The van der Waals surface area contributed by atoms with Gasteiger partial charge in [-0.1, -0.05) is 164 Å². The molecule has 0 saturated heterocycles. The molecule has 0 aromatic carbocycles. The lowest BCUT2D eigenvalue weighted by molar-refractivity contribution is -0.161. The average molecular weight is 795 g/mol. The molecule has 0 aliphatic carbocycles. The van der Waals surface area contributed by atoms with E-state index >= 15 is 0 Å². The molecule has 0 heterocycles. The summed E-state index contributed by atoms with van der Waals surface area (Å²) in [5, 5.41) is 9.79. The summed E-state index contributed by atoms with van der Waals surface area (Å²) in [5.41, 5.74) is 0. The van der Waals surface area contributed by atoms with Crippen molar-refractivity contribution in [2.45, 2.75) is 199 Å². The maximum atomic E-state index is 12.4. The van der Waals surface area contributed by atoms with Gasteiger partial charge in [-0.3, -0.25) is 14.1 Å². The van der Waals surface area contributed by atoms with Crippen molar-refractivity contribution in [3.05, 3.63) is 60.8 Å². The van der Waals surface area contributed by atoms with Gasteiger partial charge in [0.1, 0.15) is 6.61 Å². The molecule has 318 valence electrons. The van der Waals surface area contributed by atoms with Crippen LogP contribution in [0.3, 0.4) is 0 Å². The number of phosphoric ester groups is 1. The first-order chi connectivity index (χ1) is 26.7. The van der Waals surface area contributed by atoms with Gasteiger partial charge in [-0.25, -0.2) is 4.57 Å². The van der Waals surface area contributed by atoms with Crippen LogP contribution in [0.2, 0.25) is 0 Å². The van der Waals surface area contributed by atoms with Crippen molar-refractivity contribution >= 4 is 19.8 Å². The number of carbonyl (C=O) groups is 2. The number of esters is 2. The maximum Gasteiger partial charge on any atom is 0.469 e. The van der Waals surface area contributed by atoms with Crippen LogP contribution in [0, 0.1) is 0 Å². The van der Waals surface area contributed by atoms with Gasteiger partial charge in [0.25, 0.3) is 0 Å². The van der Waals surface area contributed by atoms with Gasteiger partial charge < -0.3 is 24.4 Å². The molecule has 0 spiro atoms. The summed E-state index contributed by atoms with van der Waals surface area (Å²) in [5.74, 6) is -0.976. The predicted octanol–water partition coefficient (Wildman–Crippen LogP) is 12.3. The van der Waals surface area contributed by atoms with Crippen molar-refractivity contribution in [3.63, 3.8) is 0 Å². The third kappa shape index (κ3) is 42.7. The number of allylic oxidation sites excluding steroid dienone is 9. The highest BCUT2D eigenvalue weighted by molar-refractivity contribution is 7.46. The van der Waals surface area contributed by atoms with Crippen LogP contribution in [0.1, 0.15) is 187 Å². The second-order valence-electron chi connectivity index (χ2n) is 14.5. The molecular weight excluding hydrogens is 715 g/mol. The standard InChI is InChI=1S/C45H79O9P/c1-3-5-7-8-9-10-11-12-13-14-15-16-17-18-22-25-28-31-34-38-44(47)52-40-43(41-53-55(49,50)51)54-45(48)39-35-32-29-26-23-20-19-21-24-27-30-33-37-42(46)36-6-4-2/h12-13,19-20,24,26-27,29,33,37,42-43,46H,3-11,14-18,21-23,25,28,30-32,34-36,38-41H2,1-2H3,(H2,49,50,51)/b13-12-,20-19-,27-24-,29-26-,37-33-/t42-,43-/m1/s1. The molecule has 9 nitrogen and oxygen atoms in total. The molecule has 0 amide bonds. The molecule has 0 aliphatic heterocycles. The molecule has 2 atom stereocenters. The number of carbonyl (C=O) groups excluding carboxylic acids is 2. The van der Waals surface area contributed by atoms with E-state index in [0.717, 1.165) is 57.8 Å². The Morgan fingerprint density at radius 3 is 1.56 bits per heavy atom. The summed E-state index contributed by atoms with van der Waals surface area (Å²) in [6.45, 7) is 3.48. The molecule has 55 heavy (non-hydrogen) atoms. The van der Waals surface area contributed by atoms with Crippen molar-refractivity contribution < 1.29 is 43.0 Å². The molecule has 0 unspecified atom stereocenters. The Morgan fingerprint density at radius 2 is 1.00 bits per heavy atom. The largest absolute Gasteiger partial charge is 0.469 e. The zero-order chi connectivity index (χ0) is 40.5. The molecule has 0 aliphatic rings. The summed E-state index contributed by atoms with van der Waals surface area (Å²) >= 11 is 0. The zero-order valence-electron chi connectivity index (χ0n) is 34.7. The Hall–Kier alpha value is -2.29. The second-order valence-corrected chi connectivity index (χ2v) is 15.7. The Bertz CT molecular complexity index is 1090. The van der Waals surface area contributed by atoms with Crippen molar-refractivity contribution in [1.82, 2.24) is 0 Å². The van der Waals surface area contributed by atoms with Crippen molar-refractivity contribution in [1.29, 1.82) is 0 Å². The lowest BCUT2D eigenvalue weighted by Gasteiger charge is -2.18. The zero-order valence-corrected chi connectivity index (χ0v) is 35.6. The lowest BCUT2D eigenvalue weighted by Crippen LogP contribution is -2.29. The van der Waals surface area contributed by atoms with E-state index in [4.69, 9.17) is 19.3 Å². The Kier molecular flexibility index (Phi) is 38.3. The van der Waals surface area contributed by atoms with Crippen molar-refractivity contribution in [2.24, 2.45) is 0 Å². The van der Waals surface area contributed by atoms with E-state index < -0.39 is 32.5 Å². The first kappa shape index (κ1) is 52.7. The molecule has 10 heteroatoms.